The van der Waals surface area contributed by atoms with Crippen molar-refractivity contribution in [1.29, 1.82) is 0 Å². The van der Waals surface area contributed by atoms with Crippen LogP contribution in [0.15, 0.2) is 28.5 Å². The smallest absolute Gasteiger partial charge is 0.236 e. The topological polar surface area (TPSA) is 143 Å². The lowest BCUT2D eigenvalue weighted by Gasteiger charge is -2.54. The number of fused-ring (bicyclic) bond motifs is 6. The van der Waals surface area contributed by atoms with Gasteiger partial charge in [-0.1, -0.05) is 6.07 Å². The number of aromatic hydroxyl groups is 1. The van der Waals surface area contributed by atoms with Crippen molar-refractivity contribution < 1.29 is 29.0 Å². The van der Waals surface area contributed by atoms with Crippen LogP contribution < -0.4 is 21.1 Å². The Morgan fingerprint density at radius 2 is 1.97 bits per heavy atom. The van der Waals surface area contributed by atoms with Gasteiger partial charge in [-0.2, -0.15) is 0 Å². The summed E-state index contributed by atoms with van der Waals surface area (Å²) in [6.07, 6.45) is 0.926. The summed E-state index contributed by atoms with van der Waals surface area (Å²) in [5, 5.41) is 17.7. The van der Waals surface area contributed by atoms with Crippen molar-refractivity contribution in [2.24, 2.45) is 5.73 Å². The van der Waals surface area contributed by atoms with Gasteiger partial charge in [0.2, 0.25) is 11.7 Å². The number of hydrogen-bond donors (Lipinski definition) is 4. The summed E-state index contributed by atoms with van der Waals surface area (Å²) in [5.74, 6) is -0.394. The van der Waals surface area contributed by atoms with Gasteiger partial charge in [-0.3, -0.25) is 19.3 Å². The number of ketones is 2. The molecule has 1 aromatic carbocycles. The molecule has 5 N–H and O–H groups in total. The molecule has 1 fully saturated rings. The van der Waals surface area contributed by atoms with Gasteiger partial charge in [0.05, 0.1) is 32.3 Å². The third kappa shape index (κ3) is 3.86. The second kappa shape index (κ2) is 9.27. The highest BCUT2D eigenvalue weighted by molar-refractivity contribution is 6.25. The third-order valence-corrected chi connectivity index (χ3v) is 7.96. The fourth-order valence-electron chi connectivity index (χ4n) is 6.30. The average molecular weight is 510 g/mol. The van der Waals surface area contributed by atoms with Crippen LogP contribution in [0.2, 0.25) is 0 Å². The minimum atomic E-state index is -0.723. The first-order valence-corrected chi connectivity index (χ1v) is 12.5. The molecule has 0 aromatic heterocycles. The number of phenols is 1. The Balaban J connectivity index is 1.62. The zero-order valence-electron chi connectivity index (χ0n) is 21.7. The molecule has 197 valence electrons. The standard InChI is InChI=1S/C27H33N4O6/c1-11-6-14-7-15-10-31-17(21(30-15)19(14)23(33)25(11)36-4)8-16-20(18(31)9-29-27(35)13(3)28)24(34)26(37-5)12(2)22(16)32/h6,10,13,15,17-18,21,30,33H,7-9,28H2,1-5H3,(H,29,35). The Hall–Kier alpha value is -3.21. The number of piperazine rings is 1. The predicted molar refractivity (Wildman–Crippen MR) is 135 cm³/mol. The molecule has 4 aliphatic rings. The predicted octanol–water partition coefficient (Wildman–Crippen LogP) is 0.715. The van der Waals surface area contributed by atoms with Gasteiger partial charge in [0, 0.05) is 47.5 Å². The van der Waals surface area contributed by atoms with Crippen molar-refractivity contribution in [2.75, 3.05) is 20.8 Å². The highest BCUT2D eigenvalue weighted by atomic mass is 16.5. The maximum atomic E-state index is 13.6. The van der Waals surface area contributed by atoms with E-state index in [4.69, 9.17) is 15.2 Å². The number of allylic oxidation sites excluding steroid dienone is 2. The summed E-state index contributed by atoms with van der Waals surface area (Å²) < 4.78 is 10.8. The average Bonchev–Trinajstić information content (AvgIpc) is 2.85. The number of nitrogens with one attached hydrogen (secondary N) is 2. The monoisotopic (exact) mass is 509 g/mol. The lowest BCUT2D eigenvalue weighted by molar-refractivity contribution is -0.123. The normalized spacial score (nSPS) is 27.8. The molecule has 5 rings (SSSR count). The van der Waals surface area contributed by atoms with Gasteiger partial charge >= 0.3 is 0 Å². The number of aryl methyl sites for hydroxylation is 1. The summed E-state index contributed by atoms with van der Waals surface area (Å²) in [6.45, 7) is 7.22. The van der Waals surface area contributed by atoms with Crippen LogP contribution in [-0.2, 0) is 25.5 Å². The summed E-state index contributed by atoms with van der Waals surface area (Å²) in [4.78, 5) is 41.6. The van der Waals surface area contributed by atoms with E-state index >= 15 is 0 Å². The second-order valence-electron chi connectivity index (χ2n) is 10.2. The lowest BCUT2D eigenvalue weighted by atomic mass is 9.72. The molecular weight excluding hydrogens is 476 g/mol. The Kier molecular flexibility index (Phi) is 6.37. The van der Waals surface area contributed by atoms with Gasteiger partial charge in [0.25, 0.3) is 0 Å². The Morgan fingerprint density at radius 3 is 2.62 bits per heavy atom. The van der Waals surface area contributed by atoms with Crippen LogP contribution in [0.4, 0.5) is 0 Å². The molecule has 0 saturated carbocycles. The molecule has 10 nitrogen and oxygen atoms in total. The fourth-order valence-corrected chi connectivity index (χ4v) is 6.30. The summed E-state index contributed by atoms with van der Waals surface area (Å²) in [7, 11) is 2.91. The van der Waals surface area contributed by atoms with Crippen LogP contribution in [0.25, 0.3) is 0 Å². The maximum Gasteiger partial charge on any atom is 0.236 e. The number of amides is 1. The van der Waals surface area contributed by atoms with Gasteiger partial charge in [-0.05, 0) is 44.7 Å². The number of nitrogens with two attached hydrogens (primary N) is 1. The third-order valence-electron chi connectivity index (χ3n) is 7.96. The zero-order chi connectivity index (χ0) is 26.8. The van der Waals surface area contributed by atoms with Gasteiger partial charge in [0.1, 0.15) is 0 Å². The molecule has 2 bridgehead atoms. The van der Waals surface area contributed by atoms with Crippen LogP contribution in [-0.4, -0.2) is 72.4 Å². The minimum Gasteiger partial charge on any atom is -0.504 e. The van der Waals surface area contributed by atoms with Crippen LogP contribution in [0.1, 0.15) is 43.0 Å². The molecule has 5 unspecified atom stereocenters. The van der Waals surface area contributed by atoms with Crippen LogP contribution in [0, 0.1) is 13.5 Å². The van der Waals surface area contributed by atoms with E-state index in [0.717, 1.165) is 16.7 Å². The van der Waals surface area contributed by atoms with Crippen molar-refractivity contribution in [2.45, 2.75) is 63.8 Å². The van der Waals surface area contributed by atoms with Crippen LogP contribution >= 0.6 is 0 Å². The fraction of sp³-hybridized carbons (Fsp3) is 0.481. The second-order valence-corrected chi connectivity index (χ2v) is 10.2. The van der Waals surface area contributed by atoms with Crippen molar-refractivity contribution in [3.05, 3.63) is 51.8 Å². The minimum absolute atomic E-state index is 0.0317. The Morgan fingerprint density at radius 1 is 1.24 bits per heavy atom. The summed E-state index contributed by atoms with van der Waals surface area (Å²) in [5.41, 5.74) is 9.41. The van der Waals surface area contributed by atoms with Crippen LogP contribution in [0.5, 0.6) is 11.5 Å². The van der Waals surface area contributed by atoms with E-state index in [-0.39, 0.29) is 59.2 Å². The Bertz CT molecular complexity index is 1270. The molecule has 1 amide bonds. The molecule has 37 heavy (non-hydrogen) atoms. The van der Waals surface area contributed by atoms with E-state index in [1.54, 1.807) is 13.8 Å². The van der Waals surface area contributed by atoms with Crippen molar-refractivity contribution in [3.8, 4) is 11.5 Å². The van der Waals surface area contributed by atoms with Crippen molar-refractivity contribution >= 4 is 17.5 Å². The quantitative estimate of drug-likeness (QED) is 0.422. The van der Waals surface area contributed by atoms with Gasteiger partial charge in [0.15, 0.2) is 23.0 Å². The Labute approximate surface area is 215 Å². The molecule has 3 heterocycles. The first-order chi connectivity index (χ1) is 17.6. The highest BCUT2D eigenvalue weighted by Gasteiger charge is 2.52. The van der Waals surface area contributed by atoms with Gasteiger partial charge < -0.3 is 30.9 Å². The highest BCUT2D eigenvalue weighted by Crippen LogP contribution is 2.50. The van der Waals surface area contributed by atoms with Gasteiger partial charge in [-0.15, -0.1) is 0 Å². The first kappa shape index (κ1) is 25.4. The number of hydrogen-bond acceptors (Lipinski definition) is 9. The number of phenolic OH excluding ortho intramolecular Hbond substituents is 1. The lowest BCUT2D eigenvalue weighted by Crippen LogP contribution is -2.65. The van der Waals surface area contributed by atoms with E-state index in [9.17, 15) is 19.5 Å². The summed E-state index contributed by atoms with van der Waals surface area (Å²) >= 11 is 0. The van der Waals surface area contributed by atoms with E-state index < -0.39 is 12.1 Å². The van der Waals surface area contributed by atoms with Crippen LogP contribution in [0.3, 0.4) is 0 Å². The number of rotatable bonds is 5. The number of benzene rings is 1. The molecule has 0 spiro atoms. The molecule has 1 radical (unpaired) electrons. The van der Waals surface area contributed by atoms with E-state index in [1.165, 1.54) is 14.2 Å². The number of methoxy groups -OCH3 is 2. The molecule has 1 saturated heterocycles. The number of ether oxygens (including phenoxy) is 2. The van der Waals surface area contributed by atoms with Crippen molar-refractivity contribution in [3.63, 3.8) is 0 Å². The van der Waals surface area contributed by atoms with E-state index in [1.807, 2.05) is 19.5 Å². The van der Waals surface area contributed by atoms with Gasteiger partial charge in [-0.25, -0.2) is 0 Å². The van der Waals surface area contributed by atoms with Crippen molar-refractivity contribution in [1.82, 2.24) is 15.5 Å². The SMILES string of the molecule is COC1=C(C)C(=O)C2=C(C1=O)C(CNC(=O)C(C)N)N1[CH]C3Cc4cc(C)c(OC)c(O)c4C(N3)C1C2. The molecule has 3 aliphatic heterocycles. The molecule has 10 heteroatoms. The number of nitrogens with zero attached hydrogens (tertiary/aromatic N) is 1. The van der Waals surface area contributed by atoms with E-state index in [2.05, 4.69) is 15.5 Å². The molecule has 1 aromatic rings. The first-order valence-electron chi connectivity index (χ1n) is 12.5. The number of carbonyl (C=O) groups excluding carboxylic acids is 3. The molecular formula is C27H33N4O6. The maximum absolute atomic E-state index is 13.6. The zero-order valence-corrected chi connectivity index (χ0v) is 21.7. The van der Waals surface area contributed by atoms with E-state index in [0.29, 0.717) is 29.7 Å². The molecule has 5 atom stereocenters. The number of Topliss-reactive ketones (excluding diaryl/α,β-unsaturated/α-hetero) is 2. The molecule has 1 aliphatic carbocycles. The summed E-state index contributed by atoms with van der Waals surface area (Å²) in [6, 6.07) is 0.0268. The number of carbonyl (C=O) groups is 3. The largest absolute Gasteiger partial charge is 0.504 e.